The molecule has 196 valence electrons. The maximum atomic E-state index is 12.9. The summed E-state index contributed by atoms with van der Waals surface area (Å²) in [4.78, 5) is 27.6. The summed E-state index contributed by atoms with van der Waals surface area (Å²) >= 11 is 0. The highest BCUT2D eigenvalue weighted by molar-refractivity contribution is 5.96. The van der Waals surface area contributed by atoms with Crippen LogP contribution in [0.2, 0.25) is 0 Å². The van der Waals surface area contributed by atoms with Gasteiger partial charge in [0.15, 0.2) is 5.78 Å². The largest absolute Gasteiger partial charge is 0.497 e. The van der Waals surface area contributed by atoms with E-state index >= 15 is 0 Å². The normalized spacial score (nSPS) is 15.3. The van der Waals surface area contributed by atoms with Crippen molar-refractivity contribution in [1.82, 2.24) is 9.91 Å². The van der Waals surface area contributed by atoms with Gasteiger partial charge in [0.05, 0.1) is 20.3 Å². The Balaban J connectivity index is 1.50. The lowest BCUT2D eigenvalue weighted by Gasteiger charge is -2.34. The average molecular weight is 498 g/mol. The van der Waals surface area contributed by atoms with Crippen molar-refractivity contribution in [2.75, 3.05) is 33.9 Å². The minimum Gasteiger partial charge on any atom is -0.497 e. The van der Waals surface area contributed by atoms with Crippen molar-refractivity contribution < 1.29 is 24.2 Å². The molecule has 3 rings (SSSR count). The first-order chi connectivity index (χ1) is 17.4. The Morgan fingerprint density at radius 3 is 2.06 bits per heavy atom. The van der Waals surface area contributed by atoms with Crippen molar-refractivity contribution in [1.29, 1.82) is 0 Å². The second-order valence-electron chi connectivity index (χ2n) is 9.31. The third-order valence-corrected chi connectivity index (χ3v) is 6.82. The second-order valence-corrected chi connectivity index (χ2v) is 9.31. The maximum Gasteiger partial charge on any atom is 0.236 e. The molecular weight excluding hydrogens is 458 g/mol. The van der Waals surface area contributed by atoms with Gasteiger partial charge in [-0.2, -0.15) is 0 Å². The van der Waals surface area contributed by atoms with Gasteiger partial charge in [-0.15, -0.1) is 0 Å². The van der Waals surface area contributed by atoms with Gasteiger partial charge >= 0.3 is 0 Å². The number of nitrogens with two attached hydrogens (primary N) is 1. The number of Topliss-reactive ketones (excluding diaryl/α,β-unsaturated/α-hetero) is 1. The number of rotatable bonds is 14. The molecule has 36 heavy (non-hydrogen) atoms. The van der Waals surface area contributed by atoms with Crippen LogP contribution in [0.4, 0.5) is 0 Å². The van der Waals surface area contributed by atoms with E-state index < -0.39 is 12.1 Å². The molecule has 1 amide bonds. The number of hydrogen-bond donors (Lipinski definition) is 2. The Labute approximate surface area is 213 Å². The number of hydrogen-bond acceptors (Lipinski definition) is 7. The standard InChI is InChI=1S/C28H39N3O5/c1-35-23-14-10-21(11-15-23)26(32)8-4-3-5-9-27(33)31(29)25(20-30-18-6-7-19-30)28(34)22-12-16-24(36-2)17-13-22/h10-17,25,28,34H,3-9,18-20,29H2,1-2H3/t25-,28-/m1/s1. The van der Waals surface area contributed by atoms with Gasteiger partial charge in [0, 0.05) is 24.9 Å². The SMILES string of the molecule is COc1ccc(C(=O)CCCCCC(=O)N(N)[C@H](CN2CCCC2)[C@H](O)c2ccc(OC)cc2)cc1. The third kappa shape index (κ3) is 7.78. The van der Waals surface area contributed by atoms with E-state index in [-0.39, 0.29) is 18.1 Å². The van der Waals surface area contributed by atoms with Crippen LogP contribution in [0.3, 0.4) is 0 Å². The number of hydrazine groups is 1. The van der Waals surface area contributed by atoms with Gasteiger partial charge in [-0.1, -0.05) is 18.6 Å². The highest BCUT2D eigenvalue weighted by atomic mass is 16.5. The molecule has 1 aliphatic rings. The van der Waals surface area contributed by atoms with Crippen LogP contribution in [0.1, 0.15) is 67.0 Å². The van der Waals surface area contributed by atoms with Crippen LogP contribution in [0.5, 0.6) is 11.5 Å². The second kappa shape index (κ2) is 14.0. The van der Waals surface area contributed by atoms with Gasteiger partial charge in [-0.05, 0) is 80.7 Å². The zero-order valence-corrected chi connectivity index (χ0v) is 21.4. The molecular formula is C28H39N3O5. The van der Waals surface area contributed by atoms with Crippen LogP contribution in [0, 0.1) is 0 Å². The lowest BCUT2D eigenvalue weighted by atomic mass is 10.00. The van der Waals surface area contributed by atoms with Crippen molar-refractivity contribution in [3.05, 3.63) is 59.7 Å². The van der Waals surface area contributed by atoms with Crippen LogP contribution in [0.25, 0.3) is 0 Å². The van der Waals surface area contributed by atoms with Crippen LogP contribution >= 0.6 is 0 Å². The Morgan fingerprint density at radius 2 is 1.47 bits per heavy atom. The Kier molecular flexibility index (Phi) is 10.7. The fourth-order valence-electron chi connectivity index (χ4n) is 4.57. The molecule has 2 aromatic rings. The number of amides is 1. The molecule has 1 heterocycles. The zero-order chi connectivity index (χ0) is 25.9. The number of carbonyl (C=O) groups is 2. The molecule has 1 fully saturated rings. The van der Waals surface area contributed by atoms with Gasteiger partial charge < -0.3 is 19.5 Å². The zero-order valence-electron chi connectivity index (χ0n) is 21.4. The Hall–Kier alpha value is -2.94. The molecule has 1 aliphatic heterocycles. The number of benzene rings is 2. The molecule has 0 radical (unpaired) electrons. The predicted molar refractivity (Wildman–Crippen MR) is 139 cm³/mol. The molecule has 0 spiro atoms. The number of ketones is 1. The predicted octanol–water partition coefficient (Wildman–Crippen LogP) is 3.74. The summed E-state index contributed by atoms with van der Waals surface area (Å²) in [5.74, 6) is 7.61. The summed E-state index contributed by atoms with van der Waals surface area (Å²) in [5, 5.41) is 12.4. The quantitative estimate of drug-likeness (QED) is 0.135. The minimum atomic E-state index is -0.910. The monoisotopic (exact) mass is 497 g/mol. The molecule has 2 atom stereocenters. The summed E-state index contributed by atoms with van der Waals surface area (Å²) in [6, 6.07) is 13.7. The summed E-state index contributed by atoms with van der Waals surface area (Å²) < 4.78 is 10.3. The molecule has 0 unspecified atom stereocenters. The smallest absolute Gasteiger partial charge is 0.236 e. The summed E-state index contributed by atoms with van der Waals surface area (Å²) in [5.41, 5.74) is 1.36. The average Bonchev–Trinajstić information content (AvgIpc) is 3.44. The Morgan fingerprint density at radius 1 is 0.917 bits per heavy atom. The van der Waals surface area contributed by atoms with Gasteiger partial charge in [0.25, 0.3) is 0 Å². The Bertz CT molecular complexity index is 958. The highest BCUT2D eigenvalue weighted by Gasteiger charge is 2.31. The van der Waals surface area contributed by atoms with Crippen molar-refractivity contribution >= 4 is 11.7 Å². The fourth-order valence-corrected chi connectivity index (χ4v) is 4.57. The van der Waals surface area contributed by atoms with Crippen molar-refractivity contribution in [3.63, 3.8) is 0 Å². The van der Waals surface area contributed by atoms with E-state index in [1.165, 1.54) is 5.01 Å². The van der Waals surface area contributed by atoms with Crippen LogP contribution in [-0.4, -0.2) is 66.6 Å². The van der Waals surface area contributed by atoms with E-state index in [0.29, 0.717) is 42.7 Å². The van der Waals surface area contributed by atoms with E-state index in [4.69, 9.17) is 15.3 Å². The number of methoxy groups -OCH3 is 2. The van der Waals surface area contributed by atoms with E-state index in [1.807, 2.05) is 0 Å². The molecule has 1 saturated heterocycles. The molecule has 3 N–H and O–H groups in total. The number of carbonyl (C=O) groups excluding carboxylic acids is 2. The summed E-state index contributed by atoms with van der Waals surface area (Å²) in [6.07, 6.45) is 4.11. The number of nitrogens with zero attached hydrogens (tertiary/aromatic N) is 2. The van der Waals surface area contributed by atoms with Gasteiger partial charge in [0.2, 0.25) is 5.91 Å². The van der Waals surface area contributed by atoms with E-state index in [0.717, 1.165) is 38.1 Å². The van der Waals surface area contributed by atoms with Gasteiger partial charge in [-0.25, -0.2) is 5.84 Å². The van der Waals surface area contributed by atoms with E-state index in [9.17, 15) is 14.7 Å². The number of unbranched alkanes of at least 4 members (excludes halogenated alkanes) is 2. The minimum absolute atomic E-state index is 0.0812. The van der Waals surface area contributed by atoms with Gasteiger partial charge in [0.1, 0.15) is 17.6 Å². The maximum absolute atomic E-state index is 12.9. The molecule has 0 aliphatic carbocycles. The molecule has 8 nitrogen and oxygen atoms in total. The summed E-state index contributed by atoms with van der Waals surface area (Å²) in [7, 11) is 3.19. The summed E-state index contributed by atoms with van der Waals surface area (Å²) in [6.45, 7) is 2.40. The van der Waals surface area contributed by atoms with E-state index in [2.05, 4.69) is 4.90 Å². The molecule has 0 aromatic heterocycles. The fraction of sp³-hybridized carbons (Fsp3) is 0.500. The van der Waals surface area contributed by atoms with Crippen molar-refractivity contribution in [2.45, 2.75) is 57.1 Å². The van der Waals surface area contributed by atoms with Crippen molar-refractivity contribution in [2.24, 2.45) is 5.84 Å². The third-order valence-electron chi connectivity index (χ3n) is 6.82. The lowest BCUT2D eigenvalue weighted by Crippen LogP contribution is -2.53. The highest BCUT2D eigenvalue weighted by Crippen LogP contribution is 2.25. The van der Waals surface area contributed by atoms with Crippen LogP contribution < -0.4 is 15.3 Å². The topological polar surface area (TPSA) is 105 Å². The van der Waals surface area contributed by atoms with Gasteiger partial charge in [-0.3, -0.25) is 14.6 Å². The first kappa shape index (κ1) is 27.6. The lowest BCUT2D eigenvalue weighted by molar-refractivity contribution is -0.137. The molecule has 0 bridgehead atoms. The number of ether oxygens (including phenoxy) is 2. The van der Waals surface area contributed by atoms with Crippen LogP contribution in [-0.2, 0) is 4.79 Å². The first-order valence-electron chi connectivity index (χ1n) is 12.7. The molecule has 2 aromatic carbocycles. The van der Waals surface area contributed by atoms with E-state index in [1.54, 1.807) is 62.8 Å². The number of aliphatic hydroxyl groups is 1. The molecule has 0 saturated carbocycles. The van der Waals surface area contributed by atoms with Crippen LogP contribution in [0.15, 0.2) is 48.5 Å². The first-order valence-corrected chi connectivity index (χ1v) is 12.7. The number of likely N-dealkylation sites (tertiary alicyclic amines) is 1. The molecule has 8 heteroatoms. The number of aliphatic hydroxyl groups excluding tert-OH is 1. The van der Waals surface area contributed by atoms with Crippen molar-refractivity contribution in [3.8, 4) is 11.5 Å².